The largest absolute Gasteiger partial charge is 1.00 e. The van der Waals surface area contributed by atoms with Crippen molar-refractivity contribution in [3.05, 3.63) is 83.2 Å². The van der Waals surface area contributed by atoms with Crippen molar-refractivity contribution < 1.29 is 133 Å². The zero-order valence-corrected chi connectivity index (χ0v) is 29.5. The molecule has 0 bridgehead atoms. The number of nitrogens with zero attached hydrogens (tertiary/aromatic N) is 2. The van der Waals surface area contributed by atoms with Crippen LogP contribution in [0.3, 0.4) is 0 Å². The third-order valence-electron chi connectivity index (χ3n) is 5.20. The van der Waals surface area contributed by atoms with Gasteiger partial charge in [-0.1, -0.05) is 12.1 Å². The zero-order chi connectivity index (χ0) is 27.3. The normalized spacial score (nSPS) is 11.6. The number of rotatable bonds is 6. The Morgan fingerprint density at radius 3 is 1.15 bits per heavy atom. The molecule has 0 aliphatic heterocycles. The SMILES string of the molecule is O=c1c(-c2ccc(S(=O)(=O)[O-])cc2)c(O)n(-c2ccc(S(=O)(=O)[O-])cc2)n1-c1ccc(S(=O)(=O)[O-])cc1.[Na+].[Na+].[Na+]. The van der Waals surface area contributed by atoms with Gasteiger partial charge in [0.1, 0.15) is 35.9 Å². The second-order valence-electron chi connectivity index (χ2n) is 7.50. The van der Waals surface area contributed by atoms with E-state index in [9.17, 15) is 48.8 Å². The average molecular weight is 635 g/mol. The number of aromatic hydroxyl groups is 1. The molecule has 194 valence electrons. The van der Waals surface area contributed by atoms with E-state index in [2.05, 4.69) is 0 Å². The van der Waals surface area contributed by atoms with Gasteiger partial charge in [0.15, 0.2) is 0 Å². The first-order valence-corrected chi connectivity index (χ1v) is 14.1. The van der Waals surface area contributed by atoms with Gasteiger partial charge >= 0.3 is 88.7 Å². The van der Waals surface area contributed by atoms with Gasteiger partial charge in [0, 0.05) is 0 Å². The molecule has 0 aliphatic carbocycles. The minimum absolute atomic E-state index is 0. The fourth-order valence-electron chi connectivity index (χ4n) is 3.51. The Morgan fingerprint density at radius 1 is 0.525 bits per heavy atom. The van der Waals surface area contributed by atoms with Crippen molar-refractivity contribution in [3.8, 4) is 28.4 Å². The Kier molecular flexibility index (Phi) is 12.7. The van der Waals surface area contributed by atoms with Gasteiger partial charge in [-0.15, -0.1) is 0 Å². The van der Waals surface area contributed by atoms with Crippen LogP contribution in [-0.4, -0.2) is 53.4 Å². The third kappa shape index (κ3) is 7.77. The van der Waals surface area contributed by atoms with Gasteiger partial charge in [0.2, 0.25) is 5.88 Å². The molecule has 0 radical (unpaired) electrons. The fraction of sp³-hybridized carbons (Fsp3) is 0. The third-order valence-corrected chi connectivity index (χ3v) is 7.75. The van der Waals surface area contributed by atoms with Crippen molar-refractivity contribution >= 4 is 30.4 Å². The van der Waals surface area contributed by atoms with Gasteiger partial charge in [0.25, 0.3) is 5.56 Å². The molecule has 1 aromatic heterocycles. The van der Waals surface area contributed by atoms with Crippen LogP contribution in [0.4, 0.5) is 0 Å². The van der Waals surface area contributed by atoms with E-state index in [-0.39, 0.29) is 111 Å². The van der Waals surface area contributed by atoms with E-state index in [0.717, 1.165) is 82.2 Å². The Bertz CT molecular complexity index is 1900. The predicted molar refractivity (Wildman–Crippen MR) is 122 cm³/mol. The van der Waals surface area contributed by atoms with Gasteiger partial charge in [-0.3, -0.25) is 4.79 Å². The Balaban J connectivity index is 0.00000267. The van der Waals surface area contributed by atoms with Crippen LogP contribution in [0.1, 0.15) is 0 Å². The fourth-order valence-corrected chi connectivity index (χ4v) is 4.92. The molecule has 0 spiro atoms. The molecule has 0 amide bonds. The molecule has 0 atom stereocenters. The summed E-state index contributed by atoms with van der Waals surface area (Å²) in [5.74, 6) is -0.707. The maximum atomic E-state index is 13.5. The molecular weight excluding hydrogens is 621 g/mol. The number of hydrogen-bond acceptors (Lipinski definition) is 11. The molecular formula is C21H13N2Na3O11S3. The van der Waals surface area contributed by atoms with Gasteiger partial charge in [0.05, 0.1) is 26.1 Å². The van der Waals surface area contributed by atoms with E-state index in [4.69, 9.17) is 0 Å². The van der Waals surface area contributed by atoms with Crippen LogP contribution in [0.15, 0.2) is 92.3 Å². The Morgan fingerprint density at radius 2 is 0.825 bits per heavy atom. The number of aromatic nitrogens is 2. The molecule has 3 aromatic carbocycles. The summed E-state index contributed by atoms with van der Waals surface area (Å²) in [4.78, 5) is 11.7. The molecule has 40 heavy (non-hydrogen) atoms. The molecule has 4 aromatic rings. The molecule has 0 saturated heterocycles. The second kappa shape index (κ2) is 13.7. The monoisotopic (exact) mass is 634 g/mol. The first-order chi connectivity index (χ1) is 17.1. The maximum absolute atomic E-state index is 13.5. The summed E-state index contributed by atoms with van der Waals surface area (Å²) in [6.07, 6.45) is 0. The molecule has 0 saturated carbocycles. The van der Waals surface area contributed by atoms with Crippen LogP contribution in [0, 0.1) is 0 Å². The molecule has 0 fully saturated rings. The summed E-state index contributed by atoms with van der Waals surface area (Å²) < 4.78 is 103. The molecule has 0 unspecified atom stereocenters. The quantitative estimate of drug-likeness (QED) is 0.155. The molecule has 1 N–H and O–H groups in total. The zero-order valence-electron chi connectivity index (χ0n) is 21.1. The summed E-state index contributed by atoms with van der Waals surface area (Å²) in [5.41, 5.74) is -1.30. The number of benzene rings is 3. The molecule has 0 aliphatic rings. The molecule has 1 heterocycles. The van der Waals surface area contributed by atoms with Crippen LogP contribution in [0.5, 0.6) is 5.88 Å². The van der Waals surface area contributed by atoms with E-state index in [1.54, 1.807) is 0 Å². The van der Waals surface area contributed by atoms with Crippen LogP contribution in [0.2, 0.25) is 0 Å². The summed E-state index contributed by atoms with van der Waals surface area (Å²) in [6, 6.07) is 12.3. The average Bonchev–Trinajstić information content (AvgIpc) is 3.07. The standard InChI is InChI=1S/C21H16N2O11S3.3Na/c24-20-19(13-1-7-16(8-2-13)35(26,27)28)21(25)23(15-5-11-18(12-6-15)37(32,33)34)22(20)14-3-9-17(10-4-14)36(29,30)31;;;/h1-12,24H,(H,26,27,28)(H,29,30,31)(H,32,33,34);;;/q;3*+1/p-3. The van der Waals surface area contributed by atoms with Gasteiger partial charge in [-0.05, 0) is 66.2 Å². The second-order valence-corrected chi connectivity index (χ2v) is 11.6. The maximum Gasteiger partial charge on any atom is 1.00 e. The molecule has 4 rings (SSSR count). The molecule has 19 heteroatoms. The van der Waals surface area contributed by atoms with Crippen LogP contribution in [-0.2, 0) is 30.4 Å². The van der Waals surface area contributed by atoms with E-state index < -0.39 is 56.5 Å². The van der Waals surface area contributed by atoms with Crippen molar-refractivity contribution in [2.24, 2.45) is 0 Å². The Labute approximate surface area is 295 Å². The first-order valence-electron chi connectivity index (χ1n) is 9.85. The van der Waals surface area contributed by atoms with E-state index >= 15 is 0 Å². The minimum Gasteiger partial charge on any atom is -0.744 e. The van der Waals surface area contributed by atoms with Gasteiger partial charge in [-0.2, -0.15) is 0 Å². The Hall–Kier alpha value is -0.800. The van der Waals surface area contributed by atoms with Crippen molar-refractivity contribution in [1.82, 2.24) is 9.36 Å². The topological polar surface area (TPSA) is 219 Å². The summed E-state index contributed by atoms with van der Waals surface area (Å²) in [6.45, 7) is 0. The van der Waals surface area contributed by atoms with E-state index in [1.165, 1.54) is 0 Å². The number of hydrogen-bond donors (Lipinski definition) is 1. The summed E-state index contributed by atoms with van der Waals surface area (Å²) in [7, 11) is -14.4. The van der Waals surface area contributed by atoms with Gasteiger partial charge < -0.3 is 18.8 Å². The van der Waals surface area contributed by atoms with Crippen LogP contribution < -0.4 is 94.2 Å². The van der Waals surface area contributed by atoms with Crippen LogP contribution in [0.25, 0.3) is 22.5 Å². The minimum atomic E-state index is -4.81. The van der Waals surface area contributed by atoms with E-state index in [0.29, 0.717) is 0 Å². The first kappa shape index (κ1) is 37.2. The van der Waals surface area contributed by atoms with Crippen LogP contribution >= 0.6 is 0 Å². The van der Waals surface area contributed by atoms with Crippen molar-refractivity contribution in [1.29, 1.82) is 0 Å². The van der Waals surface area contributed by atoms with Gasteiger partial charge in [-0.25, -0.2) is 34.6 Å². The summed E-state index contributed by atoms with van der Waals surface area (Å²) >= 11 is 0. The van der Waals surface area contributed by atoms with Crippen molar-refractivity contribution in [3.63, 3.8) is 0 Å². The predicted octanol–water partition coefficient (Wildman–Crippen LogP) is -8.27. The van der Waals surface area contributed by atoms with Crippen molar-refractivity contribution in [2.75, 3.05) is 0 Å². The molecule has 13 nitrogen and oxygen atoms in total. The van der Waals surface area contributed by atoms with Crippen molar-refractivity contribution in [2.45, 2.75) is 14.7 Å². The smallest absolute Gasteiger partial charge is 0.744 e. The van der Waals surface area contributed by atoms with E-state index in [1.807, 2.05) is 0 Å². The summed E-state index contributed by atoms with van der Waals surface area (Å²) in [5, 5.41) is 11.0.